The first-order valence-electron chi connectivity index (χ1n) is 5.26. The van der Waals surface area contributed by atoms with Crippen molar-refractivity contribution < 1.29 is 24.5 Å². The van der Waals surface area contributed by atoms with Crippen LogP contribution in [0.1, 0.15) is 20.0 Å². The Hall–Kier alpha value is -2.34. The van der Waals surface area contributed by atoms with Crippen LogP contribution >= 0.6 is 11.3 Å². The third-order valence-electron chi connectivity index (χ3n) is 2.48. The standard InChI is InChI=1S/C13H10O5S/c1-18-13(17)11-5-9(6-19-11)7-2-8(12(15)16)4-10(14)3-7/h2-6,14H,1H3,(H,15,16). The van der Waals surface area contributed by atoms with Gasteiger partial charge in [-0.05, 0) is 40.8 Å². The van der Waals surface area contributed by atoms with E-state index >= 15 is 0 Å². The van der Waals surface area contributed by atoms with Crippen molar-refractivity contribution in [1.29, 1.82) is 0 Å². The molecule has 0 aliphatic carbocycles. The van der Waals surface area contributed by atoms with Crippen LogP contribution in [0.5, 0.6) is 5.75 Å². The fourth-order valence-corrected chi connectivity index (χ4v) is 2.43. The van der Waals surface area contributed by atoms with Gasteiger partial charge < -0.3 is 14.9 Å². The third-order valence-corrected chi connectivity index (χ3v) is 3.39. The van der Waals surface area contributed by atoms with E-state index in [0.717, 1.165) is 0 Å². The molecule has 5 nitrogen and oxygen atoms in total. The average molecular weight is 278 g/mol. The second-order valence-electron chi connectivity index (χ2n) is 3.76. The predicted octanol–water partition coefficient (Wildman–Crippen LogP) is 2.61. The molecule has 0 unspecified atom stereocenters. The molecule has 1 aromatic carbocycles. The highest BCUT2D eigenvalue weighted by atomic mass is 32.1. The van der Waals surface area contributed by atoms with Gasteiger partial charge in [-0.2, -0.15) is 0 Å². The number of carbonyl (C=O) groups excluding carboxylic acids is 1. The number of aromatic carboxylic acids is 1. The first kappa shape index (κ1) is 13.1. The number of methoxy groups -OCH3 is 1. The number of benzene rings is 1. The lowest BCUT2D eigenvalue weighted by Gasteiger charge is -2.02. The maximum atomic E-state index is 11.3. The van der Waals surface area contributed by atoms with E-state index < -0.39 is 11.9 Å². The van der Waals surface area contributed by atoms with Gasteiger partial charge in [0.05, 0.1) is 12.7 Å². The second kappa shape index (κ2) is 5.11. The van der Waals surface area contributed by atoms with Gasteiger partial charge in [0.25, 0.3) is 0 Å². The highest BCUT2D eigenvalue weighted by molar-refractivity contribution is 7.12. The molecule has 0 amide bonds. The molecule has 0 aliphatic rings. The van der Waals surface area contributed by atoms with E-state index in [4.69, 9.17) is 5.11 Å². The summed E-state index contributed by atoms with van der Waals surface area (Å²) < 4.78 is 4.60. The van der Waals surface area contributed by atoms with Crippen LogP contribution in [0.3, 0.4) is 0 Å². The van der Waals surface area contributed by atoms with Crippen molar-refractivity contribution in [2.75, 3.05) is 7.11 Å². The Kier molecular flexibility index (Phi) is 3.52. The molecule has 0 radical (unpaired) electrons. The van der Waals surface area contributed by atoms with Crippen LogP contribution in [0.15, 0.2) is 29.6 Å². The molecule has 2 rings (SSSR count). The fraction of sp³-hybridized carbons (Fsp3) is 0.0769. The Morgan fingerprint density at radius 2 is 1.89 bits per heavy atom. The maximum Gasteiger partial charge on any atom is 0.348 e. The van der Waals surface area contributed by atoms with Crippen molar-refractivity contribution in [1.82, 2.24) is 0 Å². The Balaban J connectivity index is 2.44. The summed E-state index contributed by atoms with van der Waals surface area (Å²) in [6.45, 7) is 0. The smallest absolute Gasteiger partial charge is 0.348 e. The molecule has 0 saturated heterocycles. The molecule has 0 bridgehead atoms. The molecule has 2 aromatic rings. The zero-order valence-corrected chi connectivity index (χ0v) is 10.7. The van der Waals surface area contributed by atoms with Crippen LogP contribution < -0.4 is 0 Å². The minimum atomic E-state index is -1.12. The zero-order chi connectivity index (χ0) is 14.0. The van der Waals surface area contributed by atoms with Crippen LogP contribution in [0.25, 0.3) is 11.1 Å². The van der Waals surface area contributed by atoms with E-state index in [2.05, 4.69) is 4.74 Å². The van der Waals surface area contributed by atoms with Gasteiger partial charge in [-0.15, -0.1) is 11.3 Å². The van der Waals surface area contributed by atoms with Crippen LogP contribution in [-0.2, 0) is 4.74 Å². The number of aromatic hydroxyl groups is 1. The SMILES string of the molecule is COC(=O)c1cc(-c2cc(O)cc(C(=O)O)c2)cs1. The molecule has 1 heterocycles. The monoisotopic (exact) mass is 278 g/mol. The summed E-state index contributed by atoms with van der Waals surface area (Å²) in [5.74, 6) is -1.71. The number of thiophene rings is 1. The zero-order valence-electron chi connectivity index (χ0n) is 9.91. The quantitative estimate of drug-likeness (QED) is 0.843. The summed E-state index contributed by atoms with van der Waals surface area (Å²) in [6, 6.07) is 5.64. The van der Waals surface area contributed by atoms with E-state index in [1.807, 2.05) is 0 Å². The van der Waals surface area contributed by atoms with Crippen LogP contribution in [0.4, 0.5) is 0 Å². The van der Waals surface area contributed by atoms with Crippen LogP contribution in [0, 0.1) is 0 Å². The minimum absolute atomic E-state index is 0.0131. The van der Waals surface area contributed by atoms with Crippen LogP contribution in [-0.4, -0.2) is 29.3 Å². The van der Waals surface area contributed by atoms with E-state index in [-0.39, 0.29) is 11.3 Å². The Labute approximate surface area is 112 Å². The van der Waals surface area contributed by atoms with E-state index in [1.54, 1.807) is 11.4 Å². The number of ether oxygens (including phenoxy) is 1. The number of hydrogen-bond donors (Lipinski definition) is 2. The molecule has 19 heavy (non-hydrogen) atoms. The fourth-order valence-electron chi connectivity index (χ4n) is 1.60. The van der Waals surface area contributed by atoms with Gasteiger partial charge in [0.15, 0.2) is 0 Å². The molecule has 0 aliphatic heterocycles. The van der Waals surface area contributed by atoms with Crippen LogP contribution in [0.2, 0.25) is 0 Å². The van der Waals surface area contributed by atoms with Gasteiger partial charge >= 0.3 is 11.9 Å². The molecule has 0 saturated carbocycles. The van der Waals surface area contributed by atoms with E-state index in [0.29, 0.717) is 16.0 Å². The van der Waals surface area contributed by atoms with E-state index in [1.165, 1.54) is 36.6 Å². The van der Waals surface area contributed by atoms with E-state index in [9.17, 15) is 14.7 Å². The van der Waals surface area contributed by atoms with Crippen molar-refractivity contribution in [2.24, 2.45) is 0 Å². The molecule has 98 valence electrons. The van der Waals surface area contributed by atoms with Crippen molar-refractivity contribution in [2.45, 2.75) is 0 Å². The molecule has 6 heteroatoms. The van der Waals surface area contributed by atoms with Gasteiger partial charge in [-0.25, -0.2) is 9.59 Å². The normalized spacial score (nSPS) is 10.2. The lowest BCUT2D eigenvalue weighted by Crippen LogP contribution is -1.97. The molecule has 0 atom stereocenters. The summed E-state index contributed by atoms with van der Waals surface area (Å²) in [6.07, 6.45) is 0. The summed E-state index contributed by atoms with van der Waals surface area (Å²) in [4.78, 5) is 22.7. The lowest BCUT2D eigenvalue weighted by molar-refractivity contribution is 0.0605. The average Bonchev–Trinajstić information content (AvgIpc) is 2.86. The topological polar surface area (TPSA) is 83.8 Å². The lowest BCUT2D eigenvalue weighted by atomic mass is 10.0. The summed E-state index contributed by atoms with van der Waals surface area (Å²) in [7, 11) is 1.29. The molecule has 0 fully saturated rings. The number of carbonyl (C=O) groups is 2. The Bertz CT molecular complexity index is 644. The second-order valence-corrected chi connectivity index (χ2v) is 4.68. The first-order chi connectivity index (χ1) is 9.01. The number of esters is 1. The van der Waals surface area contributed by atoms with Crippen molar-refractivity contribution in [3.63, 3.8) is 0 Å². The number of phenolic OH excluding ortho intramolecular Hbond substituents is 1. The number of carboxylic acids is 1. The molecule has 2 N–H and O–H groups in total. The molecule has 1 aromatic heterocycles. The predicted molar refractivity (Wildman–Crippen MR) is 69.7 cm³/mol. The Morgan fingerprint density at radius 3 is 2.53 bits per heavy atom. The van der Waals surface area contributed by atoms with Gasteiger partial charge in [0.2, 0.25) is 0 Å². The molecule has 0 spiro atoms. The van der Waals surface area contributed by atoms with Crippen molar-refractivity contribution in [3.05, 3.63) is 40.1 Å². The largest absolute Gasteiger partial charge is 0.508 e. The van der Waals surface area contributed by atoms with Crippen molar-refractivity contribution >= 4 is 23.3 Å². The summed E-state index contributed by atoms with van der Waals surface area (Å²) in [5, 5.41) is 20.1. The van der Waals surface area contributed by atoms with Crippen molar-refractivity contribution in [3.8, 4) is 16.9 Å². The highest BCUT2D eigenvalue weighted by Gasteiger charge is 2.12. The van der Waals surface area contributed by atoms with Gasteiger partial charge in [-0.3, -0.25) is 0 Å². The maximum absolute atomic E-state index is 11.3. The van der Waals surface area contributed by atoms with Gasteiger partial charge in [0.1, 0.15) is 10.6 Å². The summed E-state index contributed by atoms with van der Waals surface area (Å²) in [5.41, 5.74) is 1.17. The highest BCUT2D eigenvalue weighted by Crippen LogP contribution is 2.29. The molecular weight excluding hydrogens is 268 g/mol. The summed E-state index contributed by atoms with van der Waals surface area (Å²) >= 11 is 1.19. The van der Waals surface area contributed by atoms with Gasteiger partial charge in [-0.1, -0.05) is 0 Å². The number of rotatable bonds is 3. The number of hydrogen-bond acceptors (Lipinski definition) is 5. The number of carboxylic acid groups (broad SMARTS) is 1. The van der Waals surface area contributed by atoms with Gasteiger partial charge in [0, 0.05) is 0 Å². The third kappa shape index (κ3) is 2.74. The molecular formula is C13H10O5S. The minimum Gasteiger partial charge on any atom is -0.508 e. The Morgan fingerprint density at radius 1 is 1.16 bits per heavy atom. The first-order valence-corrected chi connectivity index (χ1v) is 6.14. The number of phenols is 1.